The standard InChI is InChI=1S/C11H20N2O4S/c1-9(2)13(5-4-6-14)18(15,16)8-11-7-10(3)17-12-11/h7,9,14H,4-6,8H2,1-3H3. The molecule has 0 saturated carbocycles. The number of aliphatic hydroxyl groups excluding tert-OH is 1. The second-order valence-electron chi connectivity index (χ2n) is 4.47. The van der Waals surface area contributed by atoms with Crippen molar-refractivity contribution in [2.45, 2.75) is 39.0 Å². The first-order valence-corrected chi connectivity index (χ1v) is 7.50. The number of hydrogen-bond donors (Lipinski definition) is 1. The van der Waals surface area contributed by atoms with Crippen molar-refractivity contribution in [3.8, 4) is 0 Å². The van der Waals surface area contributed by atoms with Crippen LogP contribution in [0.4, 0.5) is 0 Å². The van der Waals surface area contributed by atoms with Crippen LogP contribution in [0.1, 0.15) is 31.7 Å². The summed E-state index contributed by atoms with van der Waals surface area (Å²) in [5, 5.41) is 12.5. The zero-order chi connectivity index (χ0) is 13.8. The Labute approximate surface area is 108 Å². The summed E-state index contributed by atoms with van der Waals surface area (Å²) < 4.78 is 30.7. The molecule has 0 aliphatic heterocycles. The molecule has 0 unspecified atom stereocenters. The number of hydrogen-bond acceptors (Lipinski definition) is 5. The van der Waals surface area contributed by atoms with Crippen LogP contribution in [0.15, 0.2) is 10.6 Å². The molecule has 0 amide bonds. The van der Waals surface area contributed by atoms with E-state index in [-0.39, 0.29) is 18.4 Å². The molecule has 0 aromatic carbocycles. The van der Waals surface area contributed by atoms with Gasteiger partial charge < -0.3 is 9.63 Å². The van der Waals surface area contributed by atoms with E-state index < -0.39 is 10.0 Å². The lowest BCUT2D eigenvalue weighted by Gasteiger charge is -2.25. The maximum Gasteiger partial charge on any atom is 0.220 e. The van der Waals surface area contributed by atoms with Gasteiger partial charge in [-0.15, -0.1) is 0 Å². The van der Waals surface area contributed by atoms with Gasteiger partial charge in [-0.05, 0) is 27.2 Å². The summed E-state index contributed by atoms with van der Waals surface area (Å²) in [4.78, 5) is 0. The Balaban J connectivity index is 2.81. The monoisotopic (exact) mass is 276 g/mol. The molecule has 1 heterocycles. The van der Waals surface area contributed by atoms with E-state index in [0.717, 1.165) is 0 Å². The van der Waals surface area contributed by atoms with Crippen LogP contribution in [-0.4, -0.2) is 42.2 Å². The minimum atomic E-state index is -3.43. The molecule has 6 nitrogen and oxygen atoms in total. The lowest BCUT2D eigenvalue weighted by Crippen LogP contribution is -2.38. The first kappa shape index (κ1) is 15.1. The molecule has 1 rings (SSSR count). The number of rotatable bonds is 7. The van der Waals surface area contributed by atoms with E-state index in [1.165, 1.54) is 4.31 Å². The normalized spacial score (nSPS) is 12.6. The zero-order valence-corrected chi connectivity index (χ0v) is 11.8. The van der Waals surface area contributed by atoms with E-state index >= 15 is 0 Å². The Morgan fingerprint density at radius 2 is 2.17 bits per heavy atom. The van der Waals surface area contributed by atoms with Gasteiger partial charge in [-0.2, -0.15) is 4.31 Å². The smallest absolute Gasteiger partial charge is 0.220 e. The van der Waals surface area contributed by atoms with E-state index in [1.54, 1.807) is 13.0 Å². The van der Waals surface area contributed by atoms with Crippen molar-refractivity contribution in [2.75, 3.05) is 13.2 Å². The Hall–Kier alpha value is -0.920. The minimum absolute atomic E-state index is 0.0260. The Kier molecular flexibility index (Phi) is 5.30. The zero-order valence-electron chi connectivity index (χ0n) is 11.0. The van der Waals surface area contributed by atoms with Crippen LogP contribution in [0.25, 0.3) is 0 Å². The van der Waals surface area contributed by atoms with E-state index in [4.69, 9.17) is 9.63 Å². The van der Waals surface area contributed by atoms with Crippen LogP contribution in [0.3, 0.4) is 0 Å². The molecule has 0 aliphatic carbocycles. The molecule has 7 heteroatoms. The highest BCUT2D eigenvalue weighted by Crippen LogP contribution is 2.14. The topological polar surface area (TPSA) is 83.6 Å². The van der Waals surface area contributed by atoms with Gasteiger partial charge in [0.25, 0.3) is 0 Å². The van der Waals surface area contributed by atoms with Gasteiger partial charge in [0.1, 0.15) is 17.2 Å². The molecule has 0 radical (unpaired) electrons. The molecular weight excluding hydrogens is 256 g/mol. The molecule has 0 fully saturated rings. The molecule has 0 spiro atoms. The van der Waals surface area contributed by atoms with E-state index in [1.807, 2.05) is 13.8 Å². The predicted octanol–water partition coefficient (Wildman–Crippen LogP) is 0.906. The van der Waals surface area contributed by atoms with Gasteiger partial charge in [0, 0.05) is 25.3 Å². The summed E-state index contributed by atoms with van der Waals surface area (Å²) in [6.45, 7) is 5.62. The van der Waals surface area contributed by atoms with Crippen molar-refractivity contribution in [2.24, 2.45) is 0 Å². The second-order valence-corrected chi connectivity index (χ2v) is 6.39. The van der Waals surface area contributed by atoms with Gasteiger partial charge in [-0.25, -0.2) is 8.42 Å². The van der Waals surface area contributed by atoms with E-state index in [2.05, 4.69) is 5.16 Å². The summed E-state index contributed by atoms with van der Waals surface area (Å²) in [5.74, 6) is 0.417. The molecule has 0 bridgehead atoms. The Morgan fingerprint density at radius 3 is 2.61 bits per heavy atom. The van der Waals surface area contributed by atoms with Gasteiger partial charge in [0.05, 0.1) is 0 Å². The first-order chi connectivity index (χ1) is 8.36. The van der Waals surface area contributed by atoms with Crippen LogP contribution < -0.4 is 0 Å². The van der Waals surface area contributed by atoms with Crippen LogP contribution in [0.2, 0.25) is 0 Å². The molecule has 1 aromatic rings. The van der Waals surface area contributed by atoms with Crippen LogP contribution in [0.5, 0.6) is 0 Å². The average Bonchev–Trinajstić information content (AvgIpc) is 2.62. The van der Waals surface area contributed by atoms with Crippen LogP contribution in [0, 0.1) is 6.92 Å². The van der Waals surface area contributed by atoms with Gasteiger partial charge in [-0.1, -0.05) is 5.16 Å². The third-order valence-corrected chi connectivity index (χ3v) is 4.46. The second kappa shape index (κ2) is 6.31. The summed E-state index contributed by atoms with van der Waals surface area (Å²) in [7, 11) is -3.43. The summed E-state index contributed by atoms with van der Waals surface area (Å²) in [5.41, 5.74) is 0.405. The quantitative estimate of drug-likeness (QED) is 0.800. The number of sulfonamides is 1. The molecule has 0 saturated heterocycles. The third kappa shape index (κ3) is 4.08. The Morgan fingerprint density at radius 1 is 1.50 bits per heavy atom. The lowest BCUT2D eigenvalue weighted by molar-refractivity contribution is 0.258. The fourth-order valence-corrected chi connectivity index (χ4v) is 3.43. The highest BCUT2D eigenvalue weighted by atomic mass is 32.2. The lowest BCUT2D eigenvalue weighted by atomic mass is 10.3. The first-order valence-electron chi connectivity index (χ1n) is 5.89. The van der Waals surface area contributed by atoms with Gasteiger partial charge in [0.15, 0.2) is 0 Å². The maximum atomic E-state index is 12.2. The molecule has 0 atom stereocenters. The minimum Gasteiger partial charge on any atom is -0.396 e. The van der Waals surface area contributed by atoms with Crippen molar-refractivity contribution in [1.29, 1.82) is 0 Å². The summed E-state index contributed by atoms with van der Waals surface area (Å²) in [6, 6.07) is 1.47. The van der Waals surface area contributed by atoms with Gasteiger partial charge >= 0.3 is 0 Å². The van der Waals surface area contributed by atoms with Gasteiger partial charge in [-0.3, -0.25) is 0 Å². The number of aromatic nitrogens is 1. The van der Waals surface area contributed by atoms with Crippen molar-refractivity contribution in [3.63, 3.8) is 0 Å². The number of aryl methyl sites for hydroxylation is 1. The predicted molar refractivity (Wildman–Crippen MR) is 67.4 cm³/mol. The maximum absolute atomic E-state index is 12.2. The number of nitrogens with zero attached hydrogens (tertiary/aromatic N) is 2. The molecule has 1 N–H and O–H groups in total. The van der Waals surface area contributed by atoms with Crippen molar-refractivity contribution < 1.29 is 18.0 Å². The molecule has 104 valence electrons. The SMILES string of the molecule is Cc1cc(CS(=O)(=O)N(CCCO)C(C)C)no1. The Bertz CT molecular complexity index is 467. The van der Waals surface area contributed by atoms with Crippen LogP contribution >= 0.6 is 0 Å². The molecule has 0 aliphatic rings. The van der Waals surface area contributed by atoms with E-state index in [9.17, 15) is 8.42 Å². The highest BCUT2D eigenvalue weighted by Gasteiger charge is 2.25. The van der Waals surface area contributed by atoms with Crippen LogP contribution in [-0.2, 0) is 15.8 Å². The fourth-order valence-electron chi connectivity index (χ4n) is 1.70. The molecule has 1 aromatic heterocycles. The van der Waals surface area contributed by atoms with Gasteiger partial charge in [0.2, 0.25) is 10.0 Å². The summed E-state index contributed by atoms with van der Waals surface area (Å²) >= 11 is 0. The van der Waals surface area contributed by atoms with Crippen molar-refractivity contribution in [3.05, 3.63) is 17.5 Å². The average molecular weight is 276 g/mol. The molecular formula is C11H20N2O4S. The highest BCUT2D eigenvalue weighted by molar-refractivity contribution is 7.88. The van der Waals surface area contributed by atoms with E-state index in [0.29, 0.717) is 24.4 Å². The fraction of sp³-hybridized carbons (Fsp3) is 0.727. The summed E-state index contributed by atoms with van der Waals surface area (Å²) in [6.07, 6.45) is 0.426. The molecule has 18 heavy (non-hydrogen) atoms. The largest absolute Gasteiger partial charge is 0.396 e. The van der Waals surface area contributed by atoms with Crippen molar-refractivity contribution >= 4 is 10.0 Å². The third-order valence-electron chi connectivity index (χ3n) is 2.48. The number of aliphatic hydroxyl groups is 1. The van der Waals surface area contributed by atoms with Crippen molar-refractivity contribution in [1.82, 2.24) is 9.46 Å².